The summed E-state index contributed by atoms with van der Waals surface area (Å²) in [5.41, 5.74) is 2.35. The lowest BCUT2D eigenvalue weighted by atomic mass is 10.1. The number of fused-ring (bicyclic) bond motifs is 1. The number of rotatable bonds is 2. The van der Waals surface area contributed by atoms with Gasteiger partial charge in [0.15, 0.2) is 6.04 Å². The van der Waals surface area contributed by atoms with Crippen molar-refractivity contribution < 1.29 is 4.79 Å². The van der Waals surface area contributed by atoms with E-state index in [1.807, 2.05) is 30.3 Å². The molecule has 0 saturated heterocycles. The summed E-state index contributed by atoms with van der Waals surface area (Å²) in [6, 6.07) is 10.8. The molecule has 6 heteroatoms. The molecule has 1 unspecified atom stereocenters. The van der Waals surface area contributed by atoms with Crippen LogP contribution >= 0.6 is 11.6 Å². The van der Waals surface area contributed by atoms with Gasteiger partial charge in [-0.15, -0.1) is 0 Å². The maximum absolute atomic E-state index is 12.3. The van der Waals surface area contributed by atoms with E-state index < -0.39 is 6.04 Å². The number of nitrogens with one attached hydrogen (secondary N) is 2. The van der Waals surface area contributed by atoms with E-state index in [1.54, 1.807) is 18.5 Å². The molecule has 1 atom stereocenters. The standard InChI is InChI=1S/C16H11ClN4O/c17-10-6-11-12(8-19-15(11)18-7-10)13-16(22)21-14(20-13)9-4-2-1-3-5-9/h1-8,13H,(H,18,19)(H,20,21,22). The van der Waals surface area contributed by atoms with Crippen molar-refractivity contribution >= 4 is 34.4 Å². The molecule has 3 heterocycles. The number of amidine groups is 1. The highest BCUT2D eigenvalue weighted by atomic mass is 35.5. The average Bonchev–Trinajstić information content (AvgIpc) is 3.11. The van der Waals surface area contributed by atoms with Crippen LogP contribution < -0.4 is 5.32 Å². The number of amides is 1. The Bertz CT molecular complexity index is 901. The number of hydrogen-bond acceptors (Lipinski definition) is 3. The van der Waals surface area contributed by atoms with E-state index in [0.717, 1.165) is 16.5 Å². The Hall–Kier alpha value is -2.66. The predicted molar refractivity (Wildman–Crippen MR) is 85.0 cm³/mol. The lowest BCUT2D eigenvalue weighted by molar-refractivity contribution is -0.120. The summed E-state index contributed by atoms with van der Waals surface area (Å²) >= 11 is 6.00. The van der Waals surface area contributed by atoms with Crippen LogP contribution in [0.15, 0.2) is 53.8 Å². The van der Waals surface area contributed by atoms with Crippen LogP contribution in [0.25, 0.3) is 11.0 Å². The third-order valence-electron chi connectivity index (χ3n) is 3.62. The number of carbonyl (C=O) groups is 1. The van der Waals surface area contributed by atoms with Crippen molar-refractivity contribution in [3.63, 3.8) is 0 Å². The van der Waals surface area contributed by atoms with E-state index in [1.165, 1.54) is 0 Å². The van der Waals surface area contributed by atoms with E-state index >= 15 is 0 Å². The summed E-state index contributed by atoms with van der Waals surface area (Å²) in [4.78, 5) is 24.1. The lowest BCUT2D eigenvalue weighted by Crippen LogP contribution is -2.26. The fraction of sp³-hybridized carbons (Fsp3) is 0.0625. The number of carbonyl (C=O) groups excluding carboxylic acids is 1. The molecule has 2 N–H and O–H groups in total. The van der Waals surface area contributed by atoms with Gasteiger partial charge in [0.2, 0.25) is 0 Å². The van der Waals surface area contributed by atoms with Crippen LogP contribution in [0, 0.1) is 0 Å². The molecular formula is C16H11ClN4O. The van der Waals surface area contributed by atoms with E-state index in [4.69, 9.17) is 11.6 Å². The van der Waals surface area contributed by atoms with E-state index in [2.05, 4.69) is 20.3 Å². The molecule has 108 valence electrons. The molecule has 0 spiro atoms. The number of aliphatic imine (C=N–C) groups is 1. The second-order valence-electron chi connectivity index (χ2n) is 5.03. The summed E-state index contributed by atoms with van der Waals surface area (Å²) < 4.78 is 0. The van der Waals surface area contributed by atoms with Crippen molar-refractivity contribution in [2.75, 3.05) is 0 Å². The smallest absolute Gasteiger partial charge is 0.255 e. The van der Waals surface area contributed by atoms with Crippen molar-refractivity contribution in [2.24, 2.45) is 4.99 Å². The second-order valence-corrected chi connectivity index (χ2v) is 5.47. The molecule has 0 fully saturated rings. The molecule has 3 aromatic rings. The first-order chi connectivity index (χ1) is 10.7. The van der Waals surface area contributed by atoms with Crippen molar-refractivity contribution in [2.45, 2.75) is 6.04 Å². The van der Waals surface area contributed by atoms with Crippen LogP contribution in [0.4, 0.5) is 0 Å². The highest BCUT2D eigenvalue weighted by molar-refractivity contribution is 6.31. The number of aromatic amines is 1. The fourth-order valence-corrected chi connectivity index (χ4v) is 2.74. The topological polar surface area (TPSA) is 70.1 Å². The SMILES string of the molecule is O=C1NC(c2ccccc2)=NC1c1c[nH]c2ncc(Cl)cc12. The first-order valence-corrected chi connectivity index (χ1v) is 7.17. The van der Waals surface area contributed by atoms with Gasteiger partial charge in [0.05, 0.1) is 5.02 Å². The predicted octanol–water partition coefficient (Wildman–Crippen LogP) is 2.83. The molecule has 1 aliphatic rings. The molecule has 1 amide bonds. The first-order valence-electron chi connectivity index (χ1n) is 6.79. The molecule has 4 rings (SSSR count). The minimum Gasteiger partial charge on any atom is -0.346 e. The number of halogens is 1. The molecule has 2 aromatic heterocycles. The summed E-state index contributed by atoms with van der Waals surface area (Å²) in [5.74, 6) is 0.430. The highest BCUT2D eigenvalue weighted by Gasteiger charge is 2.30. The average molecular weight is 311 g/mol. The molecule has 22 heavy (non-hydrogen) atoms. The molecule has 1 aromatic carbocycles. The quantitative estimate of drug-likeness (QED) is 0.764. The van der Waals surface area contributed by atoms with Gasteiger partial charge in [0, 0.05) is 28.9 Å². The maximum atomic E-state index is 12.3. The van der Waals surface area contributed by atoms with Gasteiger partial charge in [-0.3, -0.25) is 4.79 Å². The third-order valence-corrected chi connectivity index (χ3v) is 3.83. The molecule has 0 saturated carbocycles. The minimum atomic E-state index is -0.593. The maximum Gasteiger partial charge on any atom is 0.255 e. The Kier molecular flexibility index (Phi) is 2.94. The molecule has 1 aliphatic heterocycles. The zero-order valence-electron chi connectivity index (χ0n) is 11.4. The van der Waals surface area contributed by atoms with Gasteiger partial charge < -0.3 is 10.3 Å². The normalized spacial score (nSPS) is 17.6. The van der Waals surface area contributed by atoms with Gasteiger partial charge in [-0.25, -0.2) is 9.98 Å². The Labute approximate surface area is 131 Å². The number of pyridine rings is 1. The van der Waals surface area contributed by atoms with Crippen molar-refractivity contribution in [3.05, 3.63) is 64.9 Å². The van der Waals surface area contributed by atoms with Gasteiger partial charge in [0.1, 0.15) is 11.5 Å². The molecule has 0 radical (unpaired) electrons. The van der Waals surface area contributed by atoms with Gasteiger partial charge >= 0.3 is 0 Å². The monoisotopic (exact) mass is 310 g/mol. The Balaban J connectivity index is 1.80. The van der Waals surface area contributed by atoms with Crippen LogP contribution in [-0.2, 0) is 4.79 Å². The van der Waals surface area contributed by atoms with Crippen molar-refractivity contribution in [1.29, 1.82) is 0 Å². The van der Waals surface area contributed by atoms with Gasteiger partial charge in [-0.05, 0) is 6.07 Å². The van der Waals surface area contributed by atoms with Crippen LogP contribution in [-0.4, -0.2) is 21.7 Å². The largest absolute Gasteiger partial charge is 0.346 e. The van der Waals surface area contributed by atoms with Gasteiger partial charge in [-0.1, -0.05) is 41.9 Å². The molecular weight excluding hydrogens is 300 g/mol. The van der Waals surface area contributed by atoms with E-state index in [-0.39, 0.29) is 5.91 Å². The first kappa shape index (κ1) is 13.0. The molecule has 5 nitrogen and oxygen atoms in total. The number of H-pyrrole nitrogens is 1. The molecule has 0 bridgehead atoms. The second kappa shape index (κ2) is 4.96. The summed E-state index contributed by atoms with van der Waals surface area (Å²) in [6.07, 6.45) is 3.33. The molecule has 0 aliphatic carbocycles. The van der Waals surface area contributed by atoms with Crippen molar-refractivity contribution in [1.82, 2.24) is 15.3 Å². The van der Waals surface area contributed by atoms with Gasteiger partial charge in [-0.2, -0.15) is 0 Å². The fourth-order valence-electron chi connectivity index (χ4n) is 2.58. The number of aromatic nitrogens is 2. The Morgan fingerprint density at radius 1 is 1.18 bits per heavy atom. The van der Waals surface area contributed by atoms with Crippen molar-refractivity contribution in [3.8, 4) is 0 Å². The van der Waals surface area contributed by atoms with Crippen LogP contribution in [0.5, 0.6) is 0 Å². The Morgan fingerprint density at radius 3 is 2.82 bits per heavy atom. The highest BCUT2D eigenvalue weighted by Crippen LogP contribution is 2.30. The minimum absolute atomic E-state index is 0.153. The summed E-state index contributed by atoms with van der Waals surface area (Å²) in [5, 5.41) is 4.17. The Morgan fingerprint density at radius 2 is 2.00 bits per heavy atom. The van der Waals surface area contributed by atoms with Crippen LogP contribution in [0.2, 0.25) is 5.02 Å². The van der Waals surface area contributed by atoms with Gasteiger partial charge in [0.25, 0.3) is 5.91 Å². The summed E-state index contributed by atoms with van der Waals surface area (Å²) in [6.45, 7) is 0. The number of benzene rings is 1. The van der Waals surface area contributed by atoms with Crippen LogP contribution in [0.1, 0.15) is 17.2 Å². The third kappa shape index (κ3) is 2.07. The zero-order valence-corrected chi connectivity index (χ0v) is 12.1. The number of hydrogen-bond donors (Lipinski definition) is 2. The lowest BCUT2D eigenvalue weighted by Gasteiger charge is -2.02. The summed E-state index contributed by atoms with van der Waals surface area (Å²) in [7, 11) is 0. The number of nitrogens with zero attached hydrogens (tertiary/aromatic N) is 2. The van der Waals surface area contributed by atoms with Crippen LogP contribution in [0.3, 0.4) is 0 Å². The zero-order chi connectivity index (χ0) is 15.1. The van der Waals surface area contributed by atoms with E-state index in [9.17, 15) is 4.79 Å². The van der Waals surface area contributed by atoms with E-state index in [0.29, 0.717) is 16.5 Å².